The zero-order chi connectivity index (χ0) is 21.9. The molecule has 0 radical (unpaired) electrons. The van der Waals surface area contributed by atoms with Gasteiger partial charge in [-0.05, 0) is 60.2 Å². The van der Waals surface area contributed by atoms with Crippen molar-refractivity contribution in [3.63, 3.8) is 0 Å². The lowest BCUT2D eigenvalue weighted by Crippen LogP contribution is -2.45. The predicted molar refractivity (Wildman–Crippen MR) is 119 cm³/mol. The fraction of sp³-hybridized carbons (Fsp3) is 0.231. The smallest absolute Gasteiger partial charge is 0.246 e. The molecule has 32 heavy (non-hydrogen) atoms. The van der Waals surface area contributed by atoms with Gasteiger partial charge in [-0.15, -0.1) is 0 Å². The number of halogens is 1. The quantitative estimate of drug-likeness (QED) is 0.687. The summed E-state index contributed by atoms with van der Waals surface area (Å²) in [6.45, 7) is 0.0126. The van der Waals surface area contributed by atoms with Crippen molar-refractivity contribution >= 4 is 23.2 Å². The largest absolute Gasteiger partial charge is 0.491 e. The third-order valence-corrected chi connectivity index (χ3v) is 6.81. The minimum Gasteiger partial charge on any atom is -0.491 e. The van der Waals surface area contributed by atoms with E-state index in [2.05, 4.69) is 17.4 Å². The number of rotatable bonds is 3. The molecule has 5 nitrogen and oxygen atoms in total. The normalized spacial score (nSPS) is 20.2. The zero-order valence-corrected chi connectivity index (χ0v) is 17.4. The van der Waals surface area contributed by atoms with E-state index in [-0.39, 0.29) is 24.7 Å². The fourth-order valence-electron chi connectivity index (χ4n) is 5.30. The van der Waals surface area contributed by atoms with E-state index in [1.807, 2.05) is 24.3 Å². The van der Waals surface area contributed by atoms with E-state index in [4.69, 9.17) is 4.74 Å². The van der Waals surface area contributed by atoms with Gasteiger partial charge in [-0.3, -0.25) is 9.59 Å². The molecular formula is C26H21FN2O3. The molecule has 6 heteroatoms. The van der Waals surface area contributed by atoms with Crippen LogP contribution < -0.4 is 15.0 Å². The SMILES string of the molecule is O=C(CN1C(=O)C2(COc3cc4c(cc32)CCC4)c2ccccc21)Nc1ccccc1F. The Morgan fingerprint density at radius 2 is 1.78 bits per heavy atom. The Labute approximate surface area is 184 Å². The molecule has 160 valence electrons. The van der Waals surface area contributed by atoms with Crippen LogP contribution in [0.3, 0.4) is 0 Å². The summed E-state index contributed by atoms with van der Waals surface area (Å²) >= 11 is 0. The number of anilines is 2. The van der Waals surface area contributed by atoms with Crippen molar-refractivity contribution in [3.05, 3.63) is 88.7 Å². The predicted octanol–water partition coefficient (Wildman–Crippen LogP) is 3.98. The molecule has 0 aromatic heterocycles. The number of hydrogen-bond acceptors (Lipinski definition) is 3. The van der Waals surface area contributed by atoms with Crippen molar-refractivity contribution in [1.82, 2.24) is 0 Å². The topological polar surface area (TPSA) is 58.6 Å². The summed E-state index contributed by atoms with van der Waals surface area (Å²) in [5.74, 6) is -0.397. The van der Waals surface area contributed by atoms with Gasteiger partial charge in [0.2, 0.25) is 11.8 Å². The second-order valence-electron chi connectivity index (χ2n) is 8.60. The van der Waals surface area contributed by atoms with Crippen molar-refractivity contribution in [2.24, 2.45) is 0 Å². The minimum atomic E-state index is -0.957. The number of carbonyl (C=O) groups excluding carboxylic acids is 2. The number of amides is 2. The number of fused-ring (bicyclic) bond motifs is 5. The summed E-state index contributed by atoms with van der Waals surface area (Å²) in [4.78, 5) is 28.2. The maximum atomic E-state index is 14.0. The molecule has 3 aromatic carbocycles. The highest BCUT2D eigenvalue weighted by Gasteiger charge is 2.57. The number of hydrogen-bond donors (Lipinski definition) is 1. The van der Waals surface area contributed by atoms with Crippen LogP contribution in [0.5, 0.6) is 5.75 Å². The van der Waals surface area contributed by atoms with Crippen molar-refractivity contribution in [1.29, 1.82) is 0 Å². The van der Waals surface area contributed by atoms with E-state index in [1.54, 1.807) is 12.1 Å². The van der Waals surface area contributed by atoms with Crippen LogP contribution in [0.1, 0.15) is 28.7 Å². The van der Waals surface area contributed by atoms with Gasteiger partial charge in [-0.1, -0.05) is 36.4 Å². The van der Waals surface area contributed by atoms with Gasteiger partial charge >= 0.3 is 0 Å². The summed E-state index contributed by atoms with van der Waals surface area (Å²) in [6, 6.07) is 17.7. The van der Waals surface area contributed by atoms with E-state index in [1.165, 1.54) is 28.2 Å². The summed E-state index contributed by atoms with van der Waals surface area (Å²) in [7, 11) is 0. The molecule has 6 rings (SSSR count). The number of ether oxygens (including phenoxy) is 1. The summed E-state index contributed by atoms with van der Waals surface area (Å²) in [5.41, 5.74) is 4.13. The van der Waals surface area contributed by atoms with E-state index >= 15 is 0 Å². The molecule has 1 unspecified atom stereocenters. The zero-order valence-electron chi connectivity index (χ0n) is 17.4. The summed E-state index contributed by atoms with van der Waals surface area (Å²) in [5, 5.41) is 2.58. The standard InChI is InChI=1S/C26H21FN2O3/c27-20-9-2-3-10-21(20)28-24(30)14-29-22-11-4-1-8-18(22)26(25(29)31)15-32-23-13-17-7-5-6-16(17)12-19(23)26/h1-4,8-13H,5-7,14-15H2,(H,28,30). The Morgan fingerprint density at radius 1 is 1.03 bits per heavy atom. The molecule has 3 aromatic rings. The lowest BCUT2D eigenvalue weighted by molar-refractivity contribution is -0.124. The molecule has 2 aliphatic heterocycles. The molecule has 0 bridgehead atoms. The van der Waals surface area contributed by atoms with E-state index in [0.717, 1.165) is 36.1 Å². The first-order valence-electron chi connectivity index (χ1n) is 10.8. The molecule has 2 amide bonds. The number of nitrogens with one attached hydrogen (secondary N) is 1. The summed E-state index contributed by atoms with van der Waals surface area (Å²) < 4.78 is 20.0. The average Bonchev–Trinajstić information content (AvgIpc) is 3.47. The Hall–Kier alpha value is -3.67. The van der Waals surface area contributed by atoms with Crippen molar-refractivity contribution in [2.75, 3.05) is 23.4 Å². The van der Waals surface area contributed by atoms with Gasteiger partial charge in [0.15, 0.2) is 0 Å². The van der Waals surface area contributed by atoms with Crippen LogP contribution in [0, 0.1) is 5.82 Å². The molecule has 1 aliphatic carbocycles. The van der Waals surface area contributed by atoms with Gasteiger partial charge in [-0.25, -0.2) is 4.39 Å². The molecule has 3 aliphatic rings. The summed E-state index contributed by atoms with van der Waals surface area (Å²) in [6.07, 6.45) is 3.15. The van der Waals surface area contributed by atoms with Crippen molar-refractivity contribution < 1.29 is 18.7 Å². The first-order valence-corrected chi connectivity index (χ1v) is 10.8. The number of benzene rings is 3. The molecule has 0 saturated heterocycles. The van der Waals surface area contributed by atoms with Crippen LogP contribution in [0.25, 0.3) is 0 Å². The Kier molecular flexibility index (Phi) is 4.12. The molecule has 0 saturated carbocycles. The second-order valence-corrected chi connectivity index (χ2v) is 8.60. The monoisotopic (exact) mass is 428 g/mol. The van der Waals surface area contributed by atoms with Gasteiger partial charge in [0.1, 0.15) is 30.1 Å². The van der Waals surface area contributed by atoms with E-state index in [0.29, 0.717) is 5.69 Å². The first kappa shape index (κ1) is 19.0. The van der Waals surface area contributed by atoms with Crippen LogP contribution in [-0.4, -0.2) is 25.0 Å². The molecule has 1 spiro atoms. The molecule has 0 fully saturated rings. The number of aryl methyl sites for hydroxylation is 2. The third kappa shape index (κ3) is 2.62. The third-order valence-electron chi connectivity index (χ3n) is 6.81. The minimum absolute atomic E-state index is 0.0947. The number of para-hydroxylation sites is 2. The molecule has 1 atom stereocenters. The van der Waals surface area contributed by atoms with Crippen LogP contribution >= 0.6 is 0 Å². The Balaban J connectivity index is 1.38. The molecule has 1 N–H and O–H groups in total. The molecule has 2 heterocycles. The highest BCUT2D eigenvalue weighted by molar-refractivity contribution is 6.14. The average molecular weight is 428 g/mol. The van der Waals surface area contributed by atoms with Gasteiger partial charge in [-0.2, -0.15) is 0 Å². The number of nitrogens with zero attached hydrogens (tertiary/aromatic N) is 1. The number of carbonyl (C=O) groups is 2. The van der Waals surface area contributed by atoms with E-state index in [9.17, 15) is 14.0 Å². The van der Waals surface area contributed by atoms with Crippen LogP contribution in [0.2, 0.25) is 0 Å². The highest BCUT2D eigenvalue weighted by atomic mass is 19.1. The van der Waals surface area contributed by atoms with Crippen molar-refractivity contribution in [2.45, 2.75) is 24.7 Å². The van der Waals surface area contributed by atoms with E-state index < -0.39 is 17.1 Å². The lowest BCUT2D eigenvalue weighted by atomic mass is 9.76. The van der Waals surface area contributed by atoms with Crippen LogP contribution in [-0.2, 0) is 27.8 Å². The van der Waals surface area contributed by atoms with Gasteiger partial charge in [0.05, 0.1) is 5.69 Å². The molecular weight excluding hydrogens is 407 g/mol. The lowest BCUT2D eigenvalue weighted by Gasteiger charge is -2.23. The first-order chi connectivity index (χ1) is 15.6. The Morgan fingerprint density at radius 3 is 2.62 bits per heavy atom. The van der Waals surface area contributed by atoms with Gasteiger partial charge in [0, 0.05) is 11.3 Å². The van der Waals surface area contributed by atoms with Crippen LogP contribution in [0.4, 0.5) is 15.8 Å². The Bertz CT molecular complexity index is 1290. The van der Waals surface area contributed by atoms with Crippen molar-refractivity contribution in [3.8, 4) is 5.75 Å². The van der Waals surface area contributed by atoms with Crippen LogP contribution in [0.15, 0.2) is 60.7 Å². The maximum absolute atomic E-state index is 14.0. The van der Waals surface area contributed by atoms with Gasteiger partial charge < -0.3 is 15.0 Å². The second kappa shape index (κ2) is 6.92. The maximum Gasteiger partial charge on any atom is 0.246 e. The fourth-order valence-corrected chi connectivity index (χ4v) is 5.30. The highest BCUT2D eigenvalue weighted by Crippen LogP contribution is 2.53. The van der Waals surface area contributed by atoms with Gasteiger partial charge in [0.25, 0.3) is 0 Å².